The molecule has 0 bridgehead atoms. The van der Waals surface area contributed by atoms with E-state index in [9.17, 15) is 9.59 Å². The van der Waals surface area contributed by atoms with Crippen molar-refractivity contribution < 1.29 is 9.59 Å². The second-order valence-electron chi connectivity index (χ2n) is 7.48. The number of amides is 2. The zero-order chi connectivity index (χ0) is 21.1. The number of rotatable bonds is 4. The summed E-state index contributed by atoms with van der Waals surface area (Å²) in [4.78, 5) is 32.1. The van der Waals surface area contributed by atoms with E-state index in [1.807, 2.05) is 86.6 Å². The molecule has 1 aliphatic heterocycles. The normalized spacial score (nSPS) is 13.3. The zero-order valence-electron chi connectivity index (χ0n) is 17.1. The number of nitrogens with one attached hydrogen (secondary N) is 1. The van der Waals surface area contributed by atoms with E-state index >= 15 is 0 Å². The molecule has 3 aromatic rings. The molecule has 5 nitrogen and oxygen atoms in total. The van der Waals surface area contributed by atoms with Crippen molar-refractivity contribution >= 4 is 34.6 Å². The Morgan fingerprint density at radius 1 is 0.933 bits per heavy atom. The van der Waals surface area contributed by atoms with Crippen LogP contribution in [-0.2, 0) is 9.59 Å². The van der Waals surface area contributed by atoms with Crippen LogP contribution in [0.1, 0.15) is 23.1 Å². The molecule has 3 aromatic carbocycles. The Kier molecular flexibility index (Phi) is 5.44. The Hall–Kier alpha value is -3.73. The molecule has 0 radical (unpaired) electrons. The first-order valence-electron chi connectivity index (χ1n) is 9.90. The molecule has 0 unspecified atom stereocenters. The summed E-state index contributed by atoms with van der Waals surface area (Å²) in [6, 6.07) is 23.0. The van der Waals surface area contributed by atoms with Crippen LogP contribution in [0.3, 0.4) is 0 Å². The second-order valence-corrected chi connectivity index (χ2v) is 7.48. The maximum Gasteiger partial charge on any atom is 0.244 e. The maximum atomic E-state index is 13.1. The van der Waals surface area contributed by atoms with Gasteiger partial charge in [0.2, 0.25) is 11.8 Å². The summed E-state index contributed by atoms with van der Waals surface area (Å²) >= 11 is 0. The molecule has 0 aliphatic carbocycles. The molecule has 1 heterocycles. The number of carbonyl (C=O) groups excluding carboxylic acids is 2. The number of aryl methyl sites for hydroxylation is 2. The number of fused-ring (bicyclic) bond motifs is 1. The highest BCUT2D eigenvalue weighted by Gasteiger charge is 2.26. The third kappa shape index (κ3) is 4.30. The molecule has 4 rings (SSSR count). The van der Waals surface area contributed by atoms with Crippen molar-refractivity contribution in [3.05, 3.63) is 89.5 Å². The summed E-state index contributed by atoms with van der Waals surface area (Å²) in [5, 5.41) is 2.87. The lowest BCUT2D eigenvalue weighted by Crippen LogP contribution is -2.38. The molecule has 2 amide bonds. The minimum atomic E-state index is -0.249. The van der Waals surface area contributed by atoms with Gasteiger partial charge in [0.05, 0.1) is 23.5 Å². The van der Waals surface area contributed by atoms with Crippen molar-refractivity contribution in [3.8, 4) is 0 Å². The van der Waals surface area contributed by atoms with Gasteiger partial charge in [-0.3, -0.25) is 14.6 Å². The average Bonchev–Trinajstić information content (AvgIpc) is 2.87. The molecule has 0 spiro atoms. The molecule has 5 heteroatoms. The fraction of sp³-hybridized carbons (Fsp3) is 0.160. The number of benzene rings is 3. The predicted octanol–water partition coefficient (Wildman–Crippen LogP) is 4.80. The van der Waals surface area contributed by atoms with Gasteiger partial charge >= 0.3 is 0 Å². The Labute approximate surface area is 176 Å². The van der Waals surface area contributed by atoms with Crippen molar-refractivity contribution in [1.29, 1.82) is 0 Å². The van der Waals surface area contributed by atoms with Crippen LogP contribution in [-0.4, -0.2) is 24.1 Å². The van der Waals surface area contributed by atoms with Gasteiger partial charge in [0, 0.05) is 5.69 Å². The van der Waals surface area contributed by atoms with E-state index in [0.717, 1.165) is 16.7 Å². The molecular weight excluding hydrogens is 374 g/mol. The summed E-state index contributed by atoms with van der Waals surface area (Å²) in [5.41, 5.74) is 5.91. The molecule has 0 fully saturated rings. The van der Waals surface area contributed by atoms with E-state index in [0.29, 0.717) is 22.8 Å². The molecule has 30 heavy (non-hydrogen) atoms. The Morgan fingerprint density at radius 3 is 2.27 bits per heavy atom. The molecule has 0 saturated carbocycles. The number of anilines is 2. The number of para-hydroxylation sites is 2. The lowest BCUT2D eigenvalue weighted by atomic mass is 10.1. The van der Waals surface area contributed by atoms with E-state index < -0.39 is 0 Å². The minimum absolute atomic E-state index is 0.0690. The number of nitrogens with zero attached hydrogens (tertiary/aromatic N) is 2. The molecule has 0 atom stereocenters. The average molecular weight is 397 g/mol. The van der Waals surface area contributed by atoms with Crippen LogP contribution in [0.4, 0.5) is 17.1 Å². The Bertz CT molecular complexity index is 1120. The lowest BCUT2D eigenvalue weighted by molar-refractivity contribution is -0.120. The Balaban J connectivity index is 1.60. The summed E-state index contributed by atoms with van der Waals surface area (Å²) in [6.45, 7) is 3.94. The predicted molar refractivity (Wildman–Crippen MR) is 121 cm³/mol. The van der Waals surface area contributed by atoms with E-state index in [2.05, 4.69) is 5.32 Å². The van der Waals surface area contributed by atoms with Crippen LogP contribution in [0, 0.1) is 13.8 Å². The van der Waals surface area contributed by atoms with Crippen molar-refractivity contribution in [3.63, 3.8) is 0 Å². The van der Waals surface area contributed by atoms with Gasteiger partial charge in [-0.05, 0) is 43.7 Å². The highest BCUT2D eigenvalue weighted by molar-refractivity contribution is 6.19. The van der Waals surface area contributed by atoms with Gasteiger partial charge in [-0.25, -0.2) is 0 Å². The summed E-state index contributed by atoms with van der Waals surface area (Å²) < 4.78 is 0. The SMILES string of the molecule is Cc1ccc(NC(=O)CN2C(=O)CC(c3ccc(C)cc3)=Nc3ccccc32)cc1. The standard InChI is InChI=1S/C25H23N3O2/c1-17-7-11-19(12-8-17)22-15-25(30)28(23-6-4-3-5-21(23)27-22)16-24(29)26-20-13-9-18(2)10-14-20/h3-14H,15-16H2,1-2H3,(H,26,29). The van der Waals surface area contributed by atoms with Gasteiger partial charge in [-0.2, -0.15) is 0 Å². The quantitative estimate of drug-likeness (QED) is 0.687. The number of aliphatic imine (C=N–C) groups is 1. The zero-order valence-corrected chi connectivity index (χ0v) is 17.1. The molecule has 1 aliphatic rings. The highest BCUT2D eigenvalue weighted by Crippen LogP contribution is 2.32. The van der Waals surface area contributed by atoms with Crippen LogP contribution in [0.2, 0.25) is 0 Å². The monoisotopic (exact) mass is 397 g/mol. The topological polar surface area (TPSA) is 61.8 Å². The van der Waals surface area contributed by atoms with Crippen LogP contribution < -0.4 is 10.2 Å². The smallest absolute Gasteiger partial charge is 0.244 e. The van der Waals surface area contributed by atoms with Gasteiger partial charge in [0.25, 0.3) is 0 Å². The minimum Gasteiger partial charge on any atom is -0.325 e. The summed E-state index contributed by atoms with van der Waals surface area (Å²) in [6.07, 6.45) is 0.134. The molecule has 1 N–H and O–H groups in total. The van der Waals surface area contributed by atoms with E-state index in [1.54, 1.807) is 0 Å². The number of hydrogen-bond donors (Lipinski definition) is 1. The van der Waals surface area contributed by atoms with Crippen LogP contribution in [0.15, 0.2) is 77.8 Å². The van der Waals surface area contributed by atoms with Crippen molar-refractivity contribution in [2.45, 2.75) is 20.3 Å². The molecular formula is C25H23N3O2. The molecule has 150 valence electrons. The molecule has 0 aromatic heterocycles. The van der Waals surface area contributed by atoms with Gasteiger partial charge < -0.3 is 10.2 Å². The fourth-order valence-electron chi connectivity index (χ4n) is 3.41. The number of carbonyl (C=O) groups is 2. The first-order chi connectivity index (χ1) is 14.5. The van der Waals surface area contributed by atoms with Crippen LogP contribution in [0.25, 0.3) is 0 Å². The van der Waals surface area contributed by atoms with E-state index in [4.69, 9.17) is 4.99 Å². The first kappa shape index (κ1) is 19.6. The van der Waals surface area contributed by atoms with Crippen LogP contribution >= 0.6 is 0 Å². The summed E-state index contributed by atoms with van der Waals surface area (Å²) in [7, 11) is 0. The first-order valence-corrected chi connectivity index (χ1v) is 9.90. The third-order valence-corrected chi connectivity index (χ3v) is 5.07. The maximum absolute atomic E-state index is 13.1. The Morgan fingerprint density at radius 2 is 1.57 bits per heavy atom. The van der Waals surface area contributed by atoms with Gasteiger partial charge in [0.15, 0.2) is 0 Å². The van der Waals surface area contributed by atoms with Crippen molar-refractivity contribution in [2.24, 2.45) is 4.99 Å². The van der Waals surface area contributed by atoms with Gasteiger partial charge in [-0.15, -0.1) is 0 Å². The molecule has 0 saturated heterocycles. The van der Waals surface area contributed by atoms with Gasteiger partial charge in [0.1, 0.15) is 6.54 Å². The number of hydrogen-bond acceptors (Lipinski definition) is 3. The van der Waals surface area contributed by atoms with Gasteiger partial charge in [-0.1, -0.05) is 59.7 Å². The van der Waals surface area contributed by atoms with Crippen molar-refractivity contribution in [2.75, 3.05) is 16.8 Å². The van der Waals surface area contributed by atoms with E-state index in [1.165, 1.54) is 4.90 Å². The van der Waals surface area contributed by atoms with Crippen molar-refractivity contribution in [1.82, 2.24) is 0 Å². The highest BCUT2D eigenvalue weighted by atomic mass is 16.2. The summed E-state index contributed by atoms with van der Waals surface area (Å²) in [5.74, 6) is -0.404. The fourth-order valence-corrected chi connectivity index (χ4v) is 3.41. The third-order valence-electron chi connectivity index (χ3n) is 5.07. The van der Waals surface area contributed by atoms with Crippen LogP contribution in [0.5, 0.6) is 0 Å². The lowest BCUT2D eigenvalue weighted by Gasteiger charge is -2.22. The van der Waals surface area contributed by atoms with E-state index in [-0.39, 0.29) is 24.8 Å². The largest absolute Gasteiger partial charge is 0.325 e. The second kappa shape index (κ2) is 8.33.